The molecule has 1 aromatic rings. The second-order valence-corrected chi connectivity index (χ2v) is 3.79. The number of nitrogens with zero attached hydrogens (tertiary/aromatic N) is 1. The number of rotatable bonds is 5. The summed E-state index contributed by atoms with van der Waals surface area (Å²) in [6.45, 7) is 0.594. The zero-order chi connectivity index (χ0) is 12.1. The van der Waals surface area contributed by atoms with Crippen LogP contribution in [0.25, 0.3) is 0 Å². The molecule has 0 aliphatic heterocycles. The van der Waals surface area contributed by atoms with Crippen molar-refractivity contribution in [1.29, 1.82) is 0 Å². The van der Waals surface area contributed by atoms with Gasteiger partial charge in [0.1, 0.15) is 11.6 Å². The first kappa shape index (κ1) is 12.6. The summed E-state index contributed by atoms with van der Waals surface area (Å²) in [6.07, 6.45) is 0.282. The molecule has 16 heavy (non-hydrogen) atoms. The number of ketones is 1. The van der Waals surface area contributed by atoms with Gasteiger partial charge in [0, 0.05) is 13.0 Å². The quantitative estimate of drug-likeness (QED) is 0.717. The molecule has 0 aliphatic carbocycles. The molecule has 0 aromatic heterocycles. The minimum absolute atomic E-state index is 0.0480. The molecule has 0 radical (unpaired) electrons. The van der Waals surface area contributed by atoms with E-state index in [0.29, 0.717) is 12.3 Å². The molecule has 0 atom stereocenters. The fraction of sp³-hybridized carbons (Fsp3) is 0.417. The van der Waals surface area contributed by atoms with Gasteiger partial charge in [0.15, 0.2) is 5.78 Å². The third-order valence-corrected chi connectivity index (χ3v) is 2.26. The molecule has 1 aromatic carbocycles. The fourth-order valence-electron chi connectivity index (χ4n) is 1.40. The summed E-state index contributed by atoms with van der Waals surface area (Å²) >= 11 is 0. The Bertz CT molecular complexity index is 377. The lowest BCUT2D eigenvalue weighted by Crippen LogP contribution is -2.17. The highest BCUT2D eigenvalue weighted by atomic mass is 19.1. The van der Waals surface area contributed by atoms with Crippen LogP contribution in [0.4, 0.5) is 4.39 Å². The van der Waals surface area contributed by atoms with Crippen molar-refractivity contribution in [1.82, 2.24) is 4.90 Å². The first-order chi connectivity index (χ1) is 7.56. The summed E-state index contributed by atoms with van der Waals surface area (Å²) in [5, 5.41) is 0. The molecule has 1 rings (SSSR count). The van der Waals surface area contributed by atoms with E-state index in [-0.39, 0.29) is 17.8 Å². The highest BCUT2D eigenvalue weighted by molar-refractivity contribution is 5.99. The summed E-state index contributed by atoms with van der Waals surface area (Å²) in [4.78, 5) is 13.7. The molecule has 0 bridgehead atoms. The molecule has 0 heterocycles. The topological polar surface area (TPSA) is 29.5 Å². The number of halogens is 1. The fourth-order valence-corrected chi connectivity index (χ4v) is 1.40. The minimum Gasteiger partial charge on any atom is -0.496 e. The maximum atomic E-state index is 13.5. The Morgan fingerprint density at radius 3 is 2.69 bits per heavy atom. The van der Waals surface area contributed by atoms with Gasteiger partial charge in [-0.05, 0) is 26.2 Å². The van der Waals surface area contributed by atoms with Crippen molar-refractivity contribution in [2.75, 3.05) is 27.7 Å². The Hall–Kier alpha value is -1.42. The molecule has 0 amide bonds. The first-order valence-corrected chi connectivity index (χ1v) is 5.06. The summed E-state index contributed by atoms with van der Waals surface area (Å²) in [5.74, 6) is -0.462. The third kappa shape index (κ3) is 3.03. The Morgan fingerprint density at radius 1 is 1.44 bits per heavy atom. The summed E-state index contributed by atoms with van der Waals surface area (Å²) in [6, 6.07) is 4.38. The van der Waals surface area contributed by atoms with Crippen molar-refractivity contribution < 1.29 is 13.9 Å². The van der Waals surface area contributed by atoms with Crippen molar-refractivity contribution in [2.24, 2.45) is 0 Å². The Labute approximate surface area is 94.8 Å². The van der Waals surface area contributed by atoms with Crippen molar-refractivity contribution in [2.45, 2.75) is 6.42 Å². The number of benzene rings is 1. The summed E-state index contributed by atoms with van der Waals surface area (Å²) < 4.78 is 18.5. The van der Waals surface area contributed by atoms with Gasteiger partial charge in [-0.25, -0.2) is 4.39 Å². The van der Waals surface area contributed by atoms with E-state index in [9.17, 15) is 9.18 Å². The predicted octanol–water partition coefficient (Wildman–Crippen LogP) is 1.97. The average molecular weight is 225 g/mol. The molecular weight excluding hydrogens is 209 g/mol. The molecule has 0 saturated carbocycles. The first-order valence-electron chi connectivity index (χ1n) is 5.06. The Kier molecular flexibility index (Phi) is 4.43. The van der Waals surface area contributed by atoms with Crippen LogP contribution in [0.15, 0.2) is 18.2 Å². The van der Waals surface area contributed by atoms with Gasteiger partial charge in [-0.15, -0.1) is 0 Å². The Balaban J connectivity index is 2.89. The highest BCUT2D eigenvalue weighted by Crippen LogP contribution is 2.22. The van der Waals surface area contributed by atoms with Crippen molar-refractivity contribution >= 4 is 5.78 Å². The molecule has 0 fully saturated rings. The number of hydrogen-bond acceptors (Lipinski definition) is 3. The number of carbonyl (C=O) groups excluding carboxylic acids is 1. The lowest BCUT2D eigenvalue weighted by atomic mass is 10.1. The van der Waals surface area contributed by atoms with Gasteiger partial charge in [-0.1, -0.05) is 6.07 Å². The maximum Gasteiger partial charge on any atom is 0.170 e. The van der Waals surface area contributed by atoms with Gasteiger partial charge in [-0.3, -0.25) is 4.79 Å². The van der Waals surface area contributed by atoms with Crippen LogP contribution in [-0.2, 0) is 0 Å². The van der Waals surface area contributed by atoms with Gasteiger partial charge < -0.3 is 9.64 Å². The van der Waals surface area contributed by atoms with E-state index in [1.807, 2.05) is 19.0 Å². The zero-order valence-corrected chi connectivity index (χ0v) is 9.79. The summed E-state index contributed by atoms with van der Waals surface area (Å²) in [7, 11) is 5.16. The molecule has 4 heteroatoms. The second kappa shape index (κ2) is 5.61. The molecule has 0 aliphatic rings. The molecule has 0 unspecified atom stereocenters. The van der Waals surface area contributed by atoms with Gasteiger partial charge in [-0.2, -0.15) is 0 Å². The molecule has 0 spiro atoms. The lowest BCUT2D eigenvalue weighted by Gasteiger charge is -2.11. The monoisotopic (exact) mass is 225 g/mol. The van der Waals surface area contributed by atoms with Crippen LogP contribution in [0.5, 0.6) is 5.75 Å². The molecule has 0 saturated heterocycles. The Morgan fingerprint density at radius 2 is 2.12 bits per heavy atom. The molecule has 0 N–H and O–H groups in total. The zero-order valence-electron chi connectivity index (χ0n) is 9.79. The van der Waals surface area contributed by atoms with Crippen molar-refractivity contribution in [3.8, 4) is 5.75 Å². The van der Waals surface area contributed by atoms with Crippen LogP contribution in [0.3, 0.4) is 0 Å². The van der Waals surface area contributed by atoms with Crippen molar-refractivity contribution in [3.05, 3.63) is 29.6 Å². The van der Waals surface area contributed by atoms with Crippen molar-refractivity contribution in [3.63, 3.8) is 0 Å². The maximum absolute atomic E-state index is 13.5. The van der Waals surface area contributed by atoms with Crippen LogP contribution < -0.4 is 4.74 Å². The second-order valence-electron chi connectivity index (χ2n) is 3.79. The largest absolute Gasteiger partial charge is 0.496 e. The van der Waals surface area contributed by atoms with E-state index in [4.69, 9.17) is 4.74 Å². The van der Waals surface area contributed by atoms with Gasteiger partial charge >= 0.3 is 0 Å². The summed E-state index contributed by atoms with van der Waals surface area (Å²) in [5.41, 5.74) is 0.0480. The van der Waals surface area contributed by atoms with E-state index < -0.39 is 5.82 Å². The predicted molar refractivity (Wildman–Crippen MR) is 60.5 cm³/mol. The van der Waals surface area contributed by atoms with Crippen LogP contribution >= 0.6 is 0 Å². The van der Waals surface area contributed by atoms with Crippen LogP contribution in [0, 0.1) is 5.82 Å². The van der Waals surface area contributed by atoms with Crippen LogP contribution in [0.2, 0.25) is 0 Å². The lowest BCUT2D eigenvalue weighted by molar-refractivity contribution is 0.0965. The van der Waals surface area contributed by atoms with E-state index in [1.54, 1.807) is 6.07 Å². The van der Waals surface area contributed by atoms with Crippen LogP contribution in [0.1, 0.15) is 16.8 Å². The number of methoxy groups -OCH3 is 1. The van der Waals surface area contributed by atoms with Gasteiger partial charge in [0.25, 0.3) is 0 Å². The van der Waals surface area contributed by atoms with Gasteiger partial charge in [0.2, 0.25) is 0 Å². The van der Waals surface area contributed by atoms with E-state index in [1.165, 1.54) is 19.2 Å². The number of hydrogen-bond donors (Lipinski definition) is 0. The third-order valence-electron chi connectivity index (χ3n) is 2.26. The smallest absolute Gasteiger partial charge is 0.170 e. The van der Waals surface area contributed by atoms with E-state index in [2.05, 4.69) is 0 Å². The van der Waals surface area contributed by atoms with E-state index in [0.717, 1.165) is 0 Å². The van der Waals surface area contributed by atoms with Gasteiger partial charge in [0.05, 0.1) is 12.7 Å². The normalized spacial score (nSPS) is 10.6. The average Bonchev–Trinajstić information content (AvgIpc) is 2.25. The van der Waals surface area contributed by atoms with E-state index >= 15 is 0 Å². The number of Topliss-reactive ketones (excluding diaryl/α,β-unsaturated/α-hetero) is 1. The van der Waals surface area contributed by atoms with Crippen LogP contribution in [-0.4, -0.2) is 38.4 Å². The molecular formula is C12H16FNO2. The standard InChI is InChI=1S/C12H16FNO2/c1-14(2)8-7-10(15)12-9(13)5-4-6-11(12)16-3/h4-6H,7-8H2,1-3H3. The number of carbonyl (C=O) groups is 1. The molecule has 3 nitrogen and oxygen atoms in total. The minimum atomic E-state index is -0.525. The highest BCUT2D eigenvalue weighted by Gasteiger charge is 2.16. The molecule has 88 valence electrons. The SMILES string of the molecule is COc1cccc(F)c1C(=O)CCN(C)C. The number of ether oxygens (including phenoxy) is 1.